The molecular formula is C17H23N5OS. The summed E-state index contributed by atoms with van der Waals surface area (Å²) < 4.78 is 0. The average Bonchev–Trinajstić information content (AvgIpc) is 3.02. The fourth-order valence-corrected chi connectivity index (χ4v) is 3.23. The Labute approximate surface area is 146 Å². The number of aryl methyl sites for hydroxylation is 1. The summed E-state index contributed by atoms with van der Waals surface area (Å²) in [6.45, 7) is 0. The van der Waals surface area contributed by atoms with Crippen LogP contribution in [-0.4, -0.2) is 27.0 Å². The number of carbonyl (C=O) groups is 1. The number of hydrogen-bond donors (Lipinski definition) is 4. The van der Waals surface area contributed by atoms with Crippen molar-refractivity contribution >= 4 is 34.3 Å². The van der Waals surface area contributed by atoms with E-state index in [-0.39, 0.29) is 5.91 Å². The minimum Gasteiger partial charge on any atom is -0.359 e. The summed E-state index contributed by atoms with van der Waals surface area (Å²) in [4.78, 5) is 19.6. The number of fused-ring (bicyclic) bond motifs is 1. The zero-order chi connectivity index (χ0) is 16.8. The monoisotopic (exact) mass is 345 g/mol. The highest BCUT2D eigenvalue weighted by Crippen LogP contribution is 2.17. The van der Waals surface area contributed by atoms with Gasteiger partial charge >= 0.3 is 0 Å². The van der Waals surface area contributed by atoms with Crippen LogP contribution in [0.2, 0.25) is 0 Å². The normalized spacial score (nSPS) is 15.2. The van der Waals surface area contributed by atoms with Gasteiger partial charge in [0.25, 0.3) is 0 Å². The van der Waals surface area contributed by atoms with E-state index in [9.17, 15) is 4.79 Å². The zero-order valence-corrected chi connectivity index (χ0v) is 14.4. The zero-order valence-electron chi connectivity index (χ0n) is 13.6. The summed E-state index contributed by atoms with van der Waals surface area (Å²) in [5, 5.41) is 3.74. The standard InChI is InChI=1S/C17H23N5OS/c23-16(21-22-17(24)18-12-6-2-1-3-7-12)11-10-15-19-13-8-4-5-9-14(13)20-15/h4-5,8-9,12H,1-3,6-7,10-11H2,(H,19,20)(H,21,23)(H2,18,22,24). The van der Waals surface area contributed by atoms with Gasteiger partial charge in [0, 0.05) is 18.9 Å². The van der Waals surface area contributed by atoms with Gasteiger partial charge in [-0.1, -0.05) is 31.4 Å². The Hall–Kier alpha value is -2.15. The number of carbonyl (C=O) groups excluding carboxylic acids is 1. The molecule has 2 aromatic rings. The molecule has 1 aliphatic rings. The van der Waals surface area contributed by atoms with Crippen LogP contribution in [0.15, 0.2) is 24.3 Å². The first-order valence-corrected chi connectivity index (χ1v) is 8.90. The van der Waals surface area contributed by atoms with Gasteiger partial charge < -0.3 is 10.3 Å². The van der Waals surface area contributed by atoms with Crippen molar-refractivity contribution < 1.29 is 4.79 Å². The number of hydrazine groups is 1. The molecule has 0 unspecified atom stereocenters. The fraction of sp³-hybridized carbons (Fsp3) is 0.471. The maximum absolute atomic E-state index is 11.9. The SMILES string of the molecule is O=C(CCc1nc2ccccc2[nH]1)NNC(=S)NC1CCCCC1. The summed E-state index contributed by atoms with van der Waals surface area (Å²) in [5.41, 5.74) is 7.33. The van der Waals surface area contributed by atoms with Gasteiger partial charge in [-0.3, -0.25) is 15.6 Å². The molecule has 1 fully saturated rings. The second-order valence-electron chi connectivity index (χ2n) is 6.18. The molecule has 0 atom stereocenters. The van der Waals surface area contributed by atoms with Crippen molar-refractivity contribution in [2.24, 2.45) is 0 Å². The molecular weight excluding hydrogens is 322 g/mol. The lowest BCUT2D eigenvalue weighted by atomic mass is 9.96. The Morgan fingerprint density at radius 2 is 2.00 bits per heavy atom. The number of thiocarbonyl (C=S) groups is 1. The van der Waals surface area contributed by atoms with E-state index in [1.165, 1.54) is 19.3 Å². The Bertz CT molecular complexity index is 675. The van der Waals surface area contributed by atoms with Crippen molar-refractivity contribution in [1.29, 1.82) is 0 Å². The number of aromatic amines is 1. The maximum Gasteiger partial charge on any atom is 0.238 e. The Morgan fingerprint density at radius 3 is 2.79 bits per heavy atom. The molecule has 0 spiro atoms. The van der Waals surface area contributed by atoms with Gasteiger partial charge in [0.15, 0.2) is 5.11 Å². The second kappa shape index (κ2) is 8.10. The molecule has 1 aliphatic carbocycles. The lowest BCUT2D eigenvalue weighted by Gasteiger charge is -2.24. The quantitative estimate of drug-likeness (QED) is 0.505. The molecule has 128 valence electrons. The highest BCUT2D eigenvalue weighted by Gasteiger charge is 2.14. The smallest absolute Gasteiger partial charge is 0.238 e. The number of para-hydroxylation sites is 2. The minimum atomic E-state index is -0.108. The predicted octanol–water partition coefficient (Wildman–Crippen LogP) is 2.32. The Kier molecular flexibility index (Phi) is 5.63. The summed E-state index contributed by atoms with van der Waals surface area (Å²) in [7, 11) is 0. The van der Waals surface area contributed by atoms with Gasteiger partial charge in [0.1, 0.15) is 5.82 Å². The van der Waals surface area contributed by atoms with Gasteiger partial charge in [0.05, 0.1) is 11.0 Å². The predicted molar refractivity (Wildman–Crippen MR) is 98.3 cm³/mol. The van der Waals surface area contributed by atoms with E-state index in [2.05, 4.69) is 26.1 Å². The van der Waals surface area contributed by atoms with Crippen LogP contribution in [-0.2, 0) is 11.2 Å². The van der Waals surface area contributed by atoms with Crippen LogP contribution in [0.4, 0.5) is 0 Å². The first kappa shape index (κ1) is 16.7. The van der Waals surface area contributed by atoms with Crippen LogP contribution in [0.5, 0.6) is 0 Å². The first-order chi connectivity index (χ1) is 11.7. The van der Waals surface area contributed by atoms with E-state index in [0.29, 0.717) is 24.0 Å². The summed E-state index contributed by atoms with van der Waals surface area (Å²) >= 11 is 5.22. The molecule has 0 bridgehead atoms. The number of nitrogens with zero attached hydrogens (tertiary/aromatic N) is 1. The van der Waals surface area contributed by atoms with E-state index < -0.39 is 0 Å². The van der Waals surface area contributed by atoms with Gasteiger partial charge in [-0.25, -0.2) is 4.98 Å². The van der Waals surface area contributed by atoms with Gasteiger partial charge in [0.2, 0.25) is 5.91 Å². The van der Waals surface area contributed by atoms with Crippen molar-refractivity contribution in [3.05, 3.63) is 30.1 Å². The average molecular weight is 345 g/mol. The van der Waals surface area contributed by atoms with Crippen LogP contribution < -0.4 is 16.2 Å². The molecule has 0 radical (unpaired) electrons. The van der Waals surface area contributed by atoms with Crippen molar-refractivity contribution in [1.82, 2.24) is 26.1 Å². The van der Waals surface area contributed by atoms with Gasteiger partial charge in [-0.05, 0) is 37.2 Å². The molecule has 6 nitrogen and oxygen atoms in total. The number of imidazole rings is 1. The molecule has 0 aliphatic heterocycles. The molecule has 3 rings (SSSR count). The van der Waals surface area contributed by atoms with E-state index in [4.69, 9.17) is 12.2 Å². The van der Waals surface area contributed by atoms with Gasteiger partial charge in [-0.15, -0.1) is 0 Å². The number of hydrogen-bond acceptors (Lipinski definition) is 3. The third-order valence-electron chi connectivity index (χ3n) is 4.28. The fourth-order valence-electron chi connectivity index (χ4n) is 3.01. The third kappa shape index (κ3) is 4.67. The Balaban J connectivity index is 1.38. The summed E-state index contributed by atoms with van der Waals surface area (Å²) in [5.74, 6) is 0.706. The number of benzene rings is 1. The lowest BCUT2D eigenvalue weighted by molar-refractivity contribution is -0.121. The molecule has 7 heteroatoms. The summed E-state index contributed by atoms with van der Waals surface area (Å²) in [6, 6.07) is 8.26. The topological polar surface area (TPSA) is 81.8 Å². The highest BCUT2D eigenvalue weighted by atomic mass is 32.1. The minimum absolute atomic E-state index is 0.108. The van der Waals surface area contributed by atoms with Crippen LogP contribution in [0, 0.1) is 0 Å². The first-order valence-electron chi connectivity index (χ1n) is 8.50. The molecule has 1 heterocycles. The highest BCUT2D eigenvalue weighted by molar-refractivity contribution is 7.80. The van der Waals surface area contributed by atoms with Crippen molar-refractivity contribution in [2.75, 3.05) is 0 Å². The van der Waals surface area contributed by atoms with Crippen LogP contribution >= 0.6 is 12.2 Å². The molecule has 0 saturated heterocycles. The molecule has 1 aromatic carbocycles. The largest absolute Gasteiger partial charge is 0.359 e. The van der Waals surface area contributed by atoms with E-state index >= 15 is 0 Å². The van der Waals surface area contributed by atoms with Crippen molar-refractivity contribution in [3.63, 3.8) is 0 Å². The number of nitrogens with one attached hydrogen (secondary N) is 4. The Morgan fingerprint density at radius 1 is 1.21 bits per heavy atom. The maximum atomic E-state index is 11.9. The van der Waals surface area contributed by atoms with Crippen molar-refractivity contribution in [3.8, 4) is 0 Å². The van der Waals surface area contributed by atoms with E-state index in [1.54, 1.807) is 0 Å². The molecule has 1 aromatic heterocycles. The molecule has 24 heavy (non-hydrogen) atoms. The lowest BCUT2D eigenvalue weighted by Crippen LogP contribution is -2.50. The second-order valence-corrected chi connectivity index (χ2v) is 6.59. The summed E-state index contributed by atoms with van der Waals surface area (Å²) in [6.07, 6.45) is 6.97. The molecule has 1 saturated carbocycles. The number of amides is 1. The van der Waals surface area contributed by atoms with Crippen LogP contribution in [0.1, 0.15) is 44.3 Å². The third-order valence-corrected chi connectivity index (χ3v) is 4.50. The van der Waals surface area contributed by atoms with E-state index in [0.717, 1.165) is 29.7 Å². The van der Waals surface area contributed by atoms with Crippen molar-refractivity contribution in [2.45, 2.75) is 51.0 Å². The van der Waals surface area contributed by atoms with Crippen LogP contribution in [0.3, 0.4) is 0 Å². The van der Waals surface area contributed by atoms with Crippen LogP contribution in [0.25, 0.3) is 11.0 Å². The van der Waals surface area contributed by atoms with E-state index in [1.807, 2.05) is 24.3 Å². The number of aromatic nitrogens is 2. The van der Waals surface area contributed by atoms with Gasteiger partial charge in [-0.2, -0.15) is 0 Å². The molecule has 4 N–H and O–H groups in total. The molecule has 1 amide bonds. The number of rotatable bonds is 4. The number of H-pyrrole nitrogens is 1.